The molecule has 0 unspecified atom stereocenters. The van der Waals surface area contributed by atoms with Crippen LogP contribution in [0.15, 0.2) is 34.7 Å². The molecule has 1 fully saturated rings. The van der Waals surface area contributed by atoms with Crippen molar-refractivity contribution in [1.29, 1.82) is 0 Å². The Morgan fingerprint density at radius 3 is 2.59 bits per heavy atom. The predicted molar refractivity (Wildman–Crippen MR) is 124 cm³/mol. The van der Waals surface area contributed by atoms with Crippen molar-refractivity contribution < 1.29 is 18.7 Å². The highest BCUT2D eigenvalue weighted by atomic mass is 16.6. The van der Waals surface area contributed by atoms with Crippen LogP contribution in [0.25, 0.3) is 11.3 Å². The molecule has 0 bridgehead atoms. The molecular formula is C24H34N4O4. The normalized spacial score (nSPS) is 14.9. The first-order chi connectivity index (χ1) is 15.4. The number of ether oxygens (including phenoxy) is 1. The van der Waals surface area contributed by atoms with Gasteiger partial charge in [0.15, 0.2) is 0 Å². The fraction of sp³-hybridized carbons (Fsp3) is 0.500. The van der Waals surface area contributed by atoms with E-state index in [1.807, 2.05) is 0 Å². The Morgan fingerprint density at radius 2 is 1.84 bits per heavy atom. The predicted octanol–water partition coefficient (Wildman–Crippen LogP) is 3.25. The van der Waals surface area contributed by atoms with E-state index in [0.717, 1.165) is 52.0 Å². The summed E-state index contributed by atoms with van der Waals surface area (Å²) in [6.45, 7) is 8.12. The zero-order valence-electron chi connectivity index (χ0n) is 19.1. The van der Waals surface area contributed by atoms with Gasteiger partial charge in [-0.3, -0.25) is 4.79 Å². The summed E-state index contributed by atoms with van der Waals surface area (Å²) in [6.07, 6.45) is 3.87. The lowest BCUT2D eigenvalue weighted by Gasteiger charge is -2.32. The molecular weight excluding hydrogens is 408 g/mol. The van der Waals surface area contributed by atoms with Crippen molar-refractivity contribution >= 4 is 12.0 Å². The second-order valence-electron chi connectivity index (χ2n) is 8.37. The van der Waals surface area contributed by atoms with E-state index in [1.54, 1.807) is 37.3 Å². The lowest BCUT2D eigenvalue weighted by atomic mass is 10.1. The first kappa shape index (κ1) is 23.8. The van der Waals surface area contributed by atoms with Gasteiger partial charge in [0, 0.05) is 38.3 Å². The summed E-state index contributed by atoms with van der Waals surface area (Å²) in [5.41, 5.74) is 6.35. The molecule has 8 nitrogen and oxygen atoms in total. The summed E-state index contributed by atoms with van der Waals surface area (Å²) in [7, 11) is 2.17. The summed E-state index contributed by atoms with van der Waals surface area (Å²) in [5, 5.41) is 2.79. The summed E-state index contributed by atoms with van der Waals surface area (Å²) in [5.74, 6) is 0.764. The van der Waals surface area contributed by atoms with Gasteiger partial charge in [0.2, 0.25) is 0 Å². The van der Waals surface area contributed by atoms with E-state index < -0.39 is 12.0 Å². The number of carbonyl (C=O) groups excluding carboxylic acids is 2. The van der Waals surface area contributed by atoms with Crippen molar-refractivity contribution in [3.05, 3.63) is 41.7 Å². The maximum Gasteiger partial charge on any atom is 0.412 e. The number of nitrogens with two attached hydrogens (primary N) is 1. The Hall–Kier alpha value is -2.84. The Morgan fingerprint density at radius 1 is 1.09 bits per heavy atom. The fourth-order valence-corrected chi connectivity index (χ4v) is 3.83. The standard InChI is InChI=1S/C24H34N4O4/c1-18-16-21(23(25)29)22(31-18)19-8-7-9-20(17-19)32-24(30)26-10-5-3-4-6-11-28-14-12-27(2)13-15-28/h7-9,16-17H,3-6,10-15H2,1-2H3,(H2,25,29)(H,26,30). The Kier molecular flexibility index (Phi) is 8.70. The number of likely N-dealkylation sites (N-methyl/N-ethyl adjacent to an activating group) is 1. The van der Waals surface area contributed by atoms with Crippen molar-refractivity contribution in [2.75, 3.05) is 46.3 Å². The molecule has 1 aromatic heterocycles. The number of rotatable bonds is 10. The lowest BCUT2D eigenvalue weighted by Crippen LogP contribution is -2.44. The number of primary amides is 1. The van der Waals surface area contributed by atoms with E-state index in [4.69, 9.17) is 14.9 Å². The van der Waals surface area contributed by atoms with Crippen molar-refractivity contribution in [1.82, 2.24) is 15.1 Å². The molecule has 2 amide bonds. The van der Waals surface area contributed by atoms with Crippen molar-refractivity contribution in [3.63, 3.8) is 0 Å². The second kappa shape index (κ2) is 11.7. The van der Waals surface area contributed by atoms with E-state index in [0.29, 0.717) is 34.9 Å². The van der Waals surface area contributed by atoms with E-state index in [9.17, 15) is 9.59 Å². The van der Waals surface area contributed by atoms with Gasteiger partial charge < -0.3 is 30.0 Å². The molecule has 1 saturated heterocycles. The largest absolute Gasteiger partial charge is 0.461 e. The fourth-order valence-electron chi connectivity index (χ4n) is 3.83. The summed E-state index contributed by atoms with van der Waals surface area (Å²) >= 11 is 0. The van der Waals surface area contributed by atoms with Gasteiger partial charge in [-0.2, -0.15) is 0 Å². The summed E-state index contributed by atoms with van der Waals surface area (Å²) < 4.78 is 11.0. The smallest absolute Gasteiger partial charge is 0.412 e. The monoisotopic (exact) mass is 442 g/mol. The van der Waals surface area contributed by atoms with Gasteiger partial charge in [0.25, 0.3) is 5.91 Å². The van der Waals surface area contributed by atoms with E-state index >= 15 is 0 Å². The van der Waals surface area contributed by atoms with E-state index in [-0.39, 0.29) is 0 Å². The molecule has 2 aromatic rings. The third kappa shape index (κ3) is 7.10. The minimum Gasteiger partial charge on any atom is -0.461 e. The highest BCUT2D eigenvalue weighted by molar-refractivity contribution is 5.98. The molecule has 1 aliphatic rings. The number of amides is 2. The van der Waals surface area contributed by atoms with Crippen LogP contribution in [0.4, 0.5) is 4.79 Å². The van der Waals surface area contributed by atoms with Gasteiger partial charge in [-0.1, -0.05) is 25.0 Å². The Labute approximate surface area is 189 Å². The number of benzene rings is 1. The van der Waals surface area contributed by atoms with Crippen LogP contribution in [0.1, 0.15) is 41.8 Å². The van der Waals surface area contributed by atoms with Gasteiger partial charge in [-0.25, -0.2) is 4.79 Å². The van der Waals surface area contributed by atoms with Gasteiger partial charge in [-0.15, -0.1) is 0 Å². The molecule has 0 radical (unpaired) electrons. The highest BCUT2D eigenvalue weighted by Gasteiger charge is 2.17. The van der Waals surface area contributed by atoms with Crippen LogP contribution in [-0.4, -0.2) is 68.1 Å². The Bertz CT molecular complexity index is 903. The molecule has 174 valence electrons. The van der Waals surface area contributed by atoms with Crippen LogP contribution in [-0.2, 0) is 0 Å². The summed E-state index contributed by atoms with van der Waals surface area (Å²) in [6, 6.07) is 8.45. The maximum atomic E-state index is 12.1. The second-order valence-corrected chi connectivity index (χ2v) is 8.37. The number of aryl methyl sites for hydroxylation is 1. The number of hydrogen-bond acceptors (Lipinski definition) is 6. The zero-order chi connectivity index (χ0) is 22.9. The van der Waals surface area contributed by atoms with Crippen molar-refractivity contribution in [2.24, 2.45) is 5.73 Å². The summed E-state index contributed by atoms with van der Waals surface area (Å²) in [4.78, 5) is 28.7. The zero-order valence-corrected chi connectivity index (χ0v) is 19.1. The molecule has 0 atom stereocenters. The molecule has 1 aliphatic heterocycles. The average Bonchev–Trinajstić information content (AvgIpc) is 3.17. The van der Waals surface area contributed by atoms with Crippen molar-refractivity contribution in [3.8, 4) is 17.1 Å². The van der Waals surface area contributed by atoms with Gasteiger partial charge in [0.05, 0.1) is 5.56 Å². The van der Waals surface area contributed by atoms with Gasteiger partial charge in [-0.05, 0) is 51.6 Å². The molecule has 32 heavy (non-hydrogen) atoms. The maximum absolute atomic E-state index is 12.1. The number of unbranched alkanes of at least 4 members (excludes halogenated alkanes) is 3. The molecule has 3 rings (SSSR count). The molecule has 0 spiro atoms. The van der Waals surface area contributed by atoms with E-state index in [2.05, 4.69) is 22.2 Å². The van der Waals surface area contributed by atoms with Crippen LogP contribution in [0.3, 0.4) is 0 Å². The van der Waals surface area contributed by atoms with Crippen molar-refractivity contribution in [2.45, 2.75) is 32.6 Å². The average molecular weight is 443 g/mol. The third-order valence-electron chi connectivity index (χ3n) is 5.69. The minimum atomic E-state index is -0.565. The molecule has 8 heteroatoms. The first-order valence-corrected chi connectivity index (χ1v) is 11.3. The topological polar surface area (TPSA) is 101 Å². The lowest BCUT2D eigenvalue weighted by molar-refractivity contribution is 0.100. The van der Waals surface area contributed by atoms with E-state index in [1.165, 1.54) is 6.42 Å². The Balaban J connectivity index is 1.36. The number of furan rings is 1. The molecule has 0 saturated carbocycles. The van der Waals surface area contributed by atoms with Crippen LogP contribution < -0.4 is 15.8 Å². The van der Waals surface area contributed by atoms with Crippen LogP contribution in [0, 0.1) is 6.92 Å². The number of piperazine rings is 1. The molecule has 1 aromatic carbocycles. The van der Waals surface area contributed by atoms with Crippen LogP contribution in [0.5, 0.6) is 5.75 Å². The number of nitrogens with zero attached hydrogens (tertiary/aromatic N) is 2. The van der Waals surface area contributed by atoms with Gasteiger partial charge >= 0.3 is 6.09 Å². The third-order valence-corrected chi connectivity index (χ3v) is 5.69. The van der Waals surface area contributed by atoms with Crippen LogP contribution >= 0.6 is 0 Å². The van der Waals surface area contributed by atoms with Crippen LogP contribution in [0.2, 0.25) is 0 Å². The first-order valence-electron chi connectivity index (χ1n) is 11.3. The number of hydrogen-bond donors (Lipinski definition) is 2. The quantitative estimate of drug-likeness (QED) is 0.548. The number of carbonyl (C=O) groups is 2. The molecule has 2 heterocycles. The molecule has 0 aliphatic carbocycles. The number of nitrogens with one attached hydrogen (secondary N) is 1. The SMILES string of the molecule is Cc1cc(C(N)=O)c(-c2cccc(OC(=O)NCCCCCCN3CCN(C)CC3)c2)o1. The van der Waals surface area contributed by atoms with Gasteiger partial charge in [0.1, 0.15) is 17.3 Å². The minimum absolute atomic E-state index is 0.303. The molecule has 3 N–H and O–H groups in total. The highest BCUT2D eigenvalue weighted by Crippen LogP contribution is 2.29.